The Morgan fingerprint density at radius 1 is 1.44 bits per heavy atom. The molecule has 0 amide bonds. The van der Waals surface area contributed by atoms with Crippen LogP contribution in [0.4, 0.5) is 0 Å². The number of hydrogen-bond donors (Lipinski definition) is 1. The van der Waals surface area contributed by atoms with E-state index < -0.39 is 0 Å². The number of nitrogens with one attached hydrogen (secondary N) is 1. The first kappa shape index (κ1) is 13.7. The summed E-state index contributed by atoms with van der Waals surface area (Å²) in [5, 5.41) is 3.44. The van der Waals surface area contributed by atoms with Crippen LogP contribution in [0.25, 0.3) is 0 Å². The SMILES string of the molecule is CC(C)OCCCCNCC1=CCCOC1. The first-order valence-corrected chi connectivity index (χ1v) is 6.37. The lowest BCUT2D eigenvalue weighted by Crippen LogP contribution is -2.22. The lowest BCUT2D eigenvalue weighted by molar-refractivity contribution is 0.0760. The van der Waals surface area contributed by atoms with Gasteiger partial charge in [-0.15, -0.1) is 0 Å². The third-order valence-electron chi connectivity index (χ3n) is 2.53. The second kappa shape index (κ2) is 8.74. The summed E-state index contributed by atoms with van der Waals surface area (Å²) in [5.41, 5.74) is 1.39. The van der Waals surface area contributed by atoms with Crippen LogP contribution in [0.3, 0.4) is 0 Å². The Hall–Kier alpha value is -0.380. The highest BCUT2D eigenvalue weighted by atomic mass is 16.5. The molecule has 0 spiro atoms. The van der Waals surface area contributed by atoms with Crippen LogP contribution in [-0.2, 0) is 9.47 Å². The maximum atomic E-state index is 5.48. The average Bonchev–Trinajstić information content (AvgIpc) is 2.29. The molecule has 0 aromatic rings. The van der Waals surface area contributed by atoms with Crippen molar-refractivity contribution in [3.63, 3.8) is 0 Å². The summed E-state index contributed by atoms with van der Waals surface area (Å²) in [6.07, 6.45) is 6.04. The highest BCUT2D eigenvalue weighted by Crippen LogP contribution is 2.03. The highest BCUT2D eigenvalue weighted by Gasteiger charge is 2.02. The van der Waals surface area contributed by atoms with E-state index >= 15 is 0 Å². The molecule has 94 valence electrons. The van der Waals surface area contributed by atoms with Gasteiger partial charge in [0.1, 0.15) is 0 Å². The third kappa shape index (κ3) is 6.99. The van der Waals surface area contributed by atoms with E-state index in [-0.39, 0.29) is 0 Å². The Morgan fingerprint density at radius 2 is 2.31 bits per heavy atom. The molecular formula is C13H25NO2. The van der Waals surface area contributed by atoms with Crippen LogP contribution in [0.5, 0.6) is 0 Å². The molecule has 16 heavy (non-hydrogen) atoms. The molecule has 0 fully saturated rings. The molecule has 0 unspecified atom stereocenters. The van der Waals surface area contributed by atoms with Crippen LogP contribution < -0.4 is 5.32 Å². The van der Waals surface area contributed by atoms with E-state index in [1.54, 1.807) is 0 Å². The van der Waals surface area contributed by atoms with Crippen LogP contribution >= 0.6 is 0 Å². The largest absolute Gasteiger partial charge is 0.379 e. The molecular weight excluding hydrogens is 202 g/mol. The van der Waals surface area contributed by atoms with Gasteiger partial charge < -0.3 is 14.8 Å². The summed E-state index contributed by atoms with van der Waals surface area (Å²) >= 11 is 0. The van der Waals surface area contributed by atoms with Gasteiger partial charge in [-0.25, -0.2) is 0 Å². The lowest BCUT2D eigenvalue weighted by atomic mass is 10.2. The minimum atomic E-state index is 0.359. The van der Waals surface area contributed by atoms with Gasteiger partial charge in [-0.3, -0.25) is 0 Å². The topological polar surface area (TPSA) is 30.5 Å². The van der Waals surface area contributed by atoms with E-state index in [1.807, 2.05) is 0 Å². The van der Waals surface area contributed by atoms with Crippen LogP contribution in [0.2, 0.25) is 0 Å². The van der Waals surface area contributed by atoms with Crippen LogP contribution in [-0.4, -0.2) is 39.0 Å². The molecule has 0 aromatic carbocycles. The van der Waals surface area contributed by atoms with Crippen LogP contribution in [0, 0.1) is 0 Å². The molecule has 0 saturated carbocycles. The van der Waals surface area contributed by atoms with E-state index in [1.165, 1.54) is 12.0 Å². The van der Waals surface area contributed by atoms with Crippen molar-refractivity contribution in [3.8, 4) is 0 Å². The standard InChI is InChI=1S/C13H25NO2/c1-12(2)16-9-4-3-7-14-10-13-6-5-8-15-11-13/h6,12,14H,3-5,7-11H2,1-2H3. The lowest BCUT2D eigenvalue weighted by Gasteiger charge is -2.14. The van der Waals surface area contributed by atoms with Crippen molar-refractivity contribution in [1.29, 1.82) is 0 Å². The summed E-state index contributed by atoms with van der Waals surface area (Å²) in [6.45, 7) is 8.77. The van der Waals surface area contributed by atoms with Crippen molar-refractivity contribution in [2.45, 2.75) is 39.2 Å². The van der Waals surface area contributed by atoms with Gasteiger partial charge in [-0.05, 0) is 45.2 Å². The number of unbranched alkanes of at least 4 members (excludes halogenated alkanes) is 1. The van der Waals surface area contributed by atoms with Gasteiger partial charge >= 0.3 is 0 Å². The van der Waals surface area contributed by atoms with Gasteiger partial charge in [-0.2, -0.15) is 0 Å². The Labute approximate surface area is 99.2 Å². The normalized spacial score (nSPS) is 16.6. The molecule has 0 bridgehead atoms. The summed E-state index contributed by atoms with van der Waals surface area (Å²) in [6, 6.07) is 0. The molecule has 1 N–H and O–H groups in total. The van der Waals surface area contributed by atoms with Crippen LogP contribution in [0.15, 0.2) is 11.6 Å². The highest BCUT2D eigenvalue weighted by molar-refractivity contribution is 5.06. The average molecular weight is 227 g/mol. The minimum absolute atomic E-state index is 0.359. The van der Waals surface area contributed by atoms with Gasteiger partial charge in [0.25, 0.3) is 0 Å². The summed E-state index contributed by atoms with van der Waals surface area (Å²) in [5.74, 6) is 0. The monoisotopic (exact) mass is 227 g/mol. The van der Waals surface area contributed by atoms with E-state index in [2.05, 4.69) is 25.2 Å². The number of ether oxygens (including phenoxy) is 2. The molecule has 3 nitrogen and oxygen atoms in total. The number of hydrogen-bond acceptors (Lipinski definition) is 3. The molecule has 0 aromatic heterocycles. The second-order valence-corrected chi connectivity index (χ2v) is 4.51. The van der Waals surface area contributed by atoms with Gasteiger partial charge in [0.05, 0.1) is 19.3 Å². The Morgan fingerprint density at radius 3 is 3.00 bits per heavy atom. The zero-order chi connectivity index (χ0) is 11.6. The smallest absolute Gasteiger partial charge is 0.0689 e. The maximum absolute atomic E-state index is 5.48. The van der Waals surface area contributed by atoms with Crippen molar-refractivity contribution in [2.24, 2.45) is 0 Å². The fourth-order valence-electron chi connectivity index (χ4n) is 1.65. The van der Waals surface area contributed by atoms with Crippen LogP contribution in [0.1, 0.15) is 33.1 Å². The van der Waals surface area contributed by atoms with E-state index in [0.29, 0.717) is 6.10 Å². The second-order valence-electron chi connectivity index (χ2n) is 4.51. The van der Waals surface area contributed by atoms with Crippen molar-refractivity contribution in [1.82, 2.24) is 5.32 Å². The molecule has 0 atom stereocenters. The van der Waals surface area contributed by atoms with E-state index in [0.717, 1.165) is 45.8 Å². The van der Waals surface area contributed by atoms with Crippen molar-refractivity contribution in [3.05, 3.63) is 11.6 Å². The Kier molecular flexibility index (Phi) is 7.47. The first-order chi connectivity index (χ1) is 7.79. The summed E-state index contributed by atoms with van der Waals surface area (Å²) in [4.78, 5) is 0. The molecule has 1 aliphatic rings. The fourth-order valence-corrected chi connectivity index (χ4v) is 1.65. The zero-order valence-corrected chi connectivity index (χ0v) is 10.6. The van der Waals surface area contributed by atoms with E-state index in [4.69, 9.17) is 9.47 Å². The van der Waals surface area contributed by atoms with E-state index in [9.17, 15) is 0 Å². The van der Waals surface area contributed by atoms with Crippen molar-refractivity contribution >= 4 is 0 Å². The zero-order valence-electron chi connectivity index (χ0n) is 10.6. The molecule has 0 saturated heterocycles. The predicted octanol–water partition coefficient (Wildman–Crippen LogP) is 2.13. The Balaban J connectivity index is 1.86. The Bertz CT molecular complexity index is 202. The van der Waals surface area contributed by atoms with Crippen molar-refractivity contribution in [2.75, 3.05) is 32.9 Å². The number of rotatable bonds is 8. The molecule has 1 aliphatic heterocycles. The van der Waals surface area contributed by atoms with Gasteiger partial charge in [0.2, 0.25) is 0 Å². The molecule has 1 rings (SSSR count). The first-order valence-electron chi connectivity index (χ1n) is 6.37. The molecule has 1 heterocycles. The quantitative estimate of drug-likeness (QED) is 0.509. The molecule has 0 aliphatic carbocycles. The summed E-state index contributed by atoms with van der Waals surface area (Å²) in [7, 11) is 0. The van der Waals surface area contributed by atoms with Gasteiger partial charge in [0, 0.05) is 13.2 Å². The molecule has 0 radical (unpaired) electrons. The van der Waals surface area contributed by atoms with Gasteiger partial charge in [-0.1, -0.05) is 6.08 Å². The van der Waals surface area contributed by atoms with Gasteiger partial charge in [0.15, 0.2) is 0 Å². The predicted molar refractivity (Wildman–Crippen MR) is 66.7 cm³/mol. The fraction of sp³-hybridized carbons (Fsp3) is 0.846. The van der Waals surface area contributed by atoms with Crippen molar-refractivity contribution < 1.29 is 9.47 Å². The maximum Gasteiger partial charge on any atom is 0.0689 e. The minimum Gasteiger partial charge on any atom is -0.379 e. The third-order valence-corrected chi connectivity index (χ3v) is 2.53. The molecule has 3 heteroatoms. The summed E-state index contributed by atoms with van der Waals surface area (Å²) < 4.78 is 10.9.